The molecule has 0 fully saturated rings. The van der Waals surface area contributed by atoms with Gasteiger partial charge in [0.2, 0.25) is 6.79 Å². The fourth-order valence-corrected chi connectivity index (χ4v) is 3.81. The van der Waals surface area contributed by atoms with E-state index in [4.69, 9.17) is 26.8 Å². The highest BCUT2D eigenvalue weighted by Crippen LogP contribution is 2.37. The summed E-state index contributed by atoms with van der Waals surface area (Å²) in [6.07, 6.45) is 0. The number of halogens is 2. The second-order valence-electron chi connectivity index (χ2n) is 5.94. The maximum Gasteiger partial charge on any atom is 0.231 e. The van der Waals surface area contributed by atoms with E-state index in [0.717, 1.165) is 11.3 Å². The molecule has 1 aliphatic heterocycles. The van der Waals surface area contributed by atoms with Gasteiger partial charge in [0.25, 0.3) is 0 Å². The van der Waals surface area contributed by atoms with Gasteiger partial charge in [-0.1, -0.05) is 16.8 Å². The molecule has 4 aromatic rings. The Bertz CT molecular complexity index is 1210. The van der Waals surface area contributed by atoms with Crippen molar-refractivity contribution < 1.29 is 13.9 Å². The van der Waals surface area contributed by atoms with Crippen LogP contribution in [0.4, 0.5) is 10.2 Å². The van der Waals surface area contributed by atoms with E-state index in [1.54, 1.807) is 0 Å². The molecule has 5 rings (SSSR count). The lowest BCUT2D eigenvalue weighted by molar-refractivity contribution is 0.174. The molecule has 2 N–H and O–H groups in total. The van der Waals surface area contributed by atoms with Crippen molar-refractivity contribution in [2.45, 2.75) is 0 Å². The summed E-state index contributed by atoms with van der Waals surface area (Å²) >= 11 is 7.24. The van der Waals surface area contributed by atoms with Crippen LogP contribution in [0.1, 0.15) is 0 Å². The molecule has 0 atom stereocenters. The minimum absolute atomic E-state index is 0.0201. The standard InChI is InChI=1S/C18H11ClFN5O2S/c19-11-6-10(2-3-12(11)20)25-17(21)16(23-24-25)18-22-13(7-28-18)9-1-4-14-15(5-9)27-8-26-14/h1-7H,8,21H2. The van der Waals surface area contributed by atoms with Crippen molar-refractivity contribution in [2.24, 2.45) is 0 Å². The van der Waals surface area contributed by atoms with E-state index in [-0.39, 0.29) is 17.6 Å². The molecule has 0 saturated heterocycles. The molecule has 0 spiro atoms. The summed E-state index contributed by atoms with van der Waals surface area (Å²) in [6.45, 7) is 0.216. The largest absolute Gasteiger partial charge is 0.454 e. The summed E-state index contributed by atoms with van der Waals surface area (Å²) in [5.41, 5.74) is 8.81. The predicted molar refractivity (Wildman–Crippen MR) is 103 cm³/mol. The first-order chi connectivity index (χ1) is 13.6. The first kappa shape index (κ1) is 17.0. The molecule has 140 valence electrons. The Morgan fingerprint density at radius 3 is 2.86 bits per heavy atom. The molecular formula is C18H11ClFN5O2S. The number of nitrogens with two attached hydrogens (primary N) is 1. The Labute approximate surface area is 167 Å². The van der Waals surface area contributed by atoms with Gasteiger partial charge in [0.15, 0.2) is 23.0 Å². The molecule has 2 aromatic carbocycles. The quantitative estimate of drug-likeness (QED) is 0.540. The summed E-state index contributed by atoms with van der Waals surface area (Å²) in [4.78, 5) is 4.62. The molecule has 0 aliphatic carbocycles. The van der Waals surface area contributed by atoms with E-state index in [2.05, 4.69) is 15.3 Å². The number of thiazole rings is 1. The lowest BCUT2D eigenvalue weighted by Gasteiger charge is -2.04. The van der Waals surface area contributed by atoms with Crippen molar-refractivity contribution in [3.63, 3.8) is 0 Å². The highest BCUT2D eigenvalue weighted by molar-refractivity contribution is 7.13. The summed E-state index contributed by atoms with van der Waals surface area (Å²) in [6, 6.07) is 9.84. The first-order valence-electron chi connectivity index (χ1n) is 8.12. The third-order valence-corrected chi connectivity index (χ3v) is 5.37. The topological polar surface area (TPSA) is 88.1 Å². The minimum atomic E-state index is -0.516. The third kappa shape index (κ3) is 2.76. The minimum Gasteiger partial charge on any atom is -0.454 e. The van der Waals surface area contributed by atoms with Crippen LogP contribution in [0.25, 0.3) is 27.6 Å². The number of ether oxygens (including phenoxy) is 2. The Balaban J connectivity index is 1.49. The zero-order valence-electron chi connectivity index (χ0n) is 14.1. The smallest absolute Gasteiger partial charge is 0.231 e. The summed E-state index contributed by atoms with van der Waals surface area (Å²) in [7, 11) is 0. The number of fused-ring (bicyclic) bond motifs is 1. The molecule has 7 nitrogen and oxygen atoms in total. The molecule has 2 aromatic heterocycles. The Morgan fingerprint density at radius 1 is 1.14 bits per heavy atom. The van der Waals surface area contributed by atoms with Gasteiger partial charge in [-0.15, -0.1) is 16.4 Å². The molecule has 0 saturated carbocycles. The Hall–Kier alpha value is -3.17. The van der Waals surface area contributed by atoms with Gasteiger partial charge in [-0.25, -0.2) is 9.37 Å². The first-order valence-corrected chi connectivity index (χ1v) is 9.38. The van der Waals surface area contributed by atoms with Crippen molar-refractivity contribution in [1.82, 2.24) is 20.0 Å². The lowest BCUT2D eigenvalue weighted by Crippen LogP contribution is -2.02. The van der Waals surface area contributed by atoms with Crippen molar-refractivity contribution in [3.05, 3.63) is 52.6 Å². The van der Waals surface area contributed by atoms with Gasteiger partial charge in [0.1, 0.15) is 10.8 Å². The van der Waals surface area contributed by atoms with Gasteiger partial charge < -0.3 is 15.2 Å². The van der Waals surface area contributed by atoms with Crippen molar-refractivity contribution in [2.75, 3.05) is 12.5 Å². The van der Waals surface area contributed by atoms with Crippen LogP contribution in [0.15, 0.2) is 41.8 Å². The number of rotatable bonds is 3. The van der Waals surface area contributed by atoms with Crippen molar-refractivity contribution in [3.8, 4) is 39.1 Å². The van der Waals surface area contributed by atoms with E-state index in [9.17, 15) is 4.39 Å². The predicted octanol–water partition coefficient (Wildman–Crippen LogP) is 4.16. The number of hydrogen-bond donors (Lipinski definition) is 1. The maximum atomic E-state index is 13.4. The van der Waals surface area contributed by atoms with Gasteiger partial charge in [-0.05, 0) is 36.4 Å². The van der Waals surface area contributed by atoms with Gasteiger partial charge in [-0.2, -0.15) is 4.68 Å². The number of nitrogens with zero attached hydrogens (tertiary/aromatic N) is 4. The molecule has 0 bridgehead atoms. The molecule has 0 unspecified atom stereocenters. The van der Waals surface area contributed by atoms with Crippen LogP contribution in [0.5, 0.6) is 11.5 Å². The highest BCUT2D eigenvalue weighted by Gasteiger charge is 2.19. The van der Waals surface area contributed by atoms with Crippen LogP contribution in [0.3, 0.4) is 0 Å². The highest BCUT2D eigenvalue weighted by atomic mass is 35.5. The van der Waals surface area contributed by atoms with Gasteiger partial charge in [0.05, 0.1) is 16.4 Å². The summed E-state index contributed by atoms with van der Waals surface area (Å²) in [5, 5.41) is 10.7. The SMILES string of the molecule is Nc1c(-c2nc(-c3ccc4c(c3)OCO4)cs2)nnn1-c1ccc(F)c(Cl)c1. The molecule has 3 heterocycles. The van der Waals surface area contributed by atoms with Crippen molar-refractivity contribution >= 4 is 28.8 Å². The lowest BCUT2D eigenvalue weighted by atomic mass is 10.1. The maximum absolute atomic E-state index is 13.4. The van der Waals surface area contributed by atoms with Crippen molar-refractivity contribution in [1.29, 1.82) is 0 Å². The van der Waals surface area contributed by atoms with E-state index < -0.39 is 5.82 Å². The van der Waals surface area contributed by atoms with E-state index in [0.29, 0.717) is 27.9 Å². The zero-order valence-corrected chi connectivity index (χ0v) is 15.7. The van der Waals surface area contributed by atoms with Crippen LogP contribution >= 0.6 is 22.9 Å². The van der Waals surface area contributed by atoms with Gasteiger partial charge in [-0.3, -0.25) is 0 Å². The number of hydrogen-bond acceptors (Lipinski definition) is 7. The number of anilines is 1. The molecule has 0 amide bonds. The average Bonchev–Trinajstić information content (AvgIpc) is 3.42. The van der Waals surface area contributed by atoms with Crippen LogP contribution < -0.4 is 15.2 Å². The summed E-state index contributed by atoms with van der Waals surface area (Å²) in [5.74, 6) is 1.17. The molecule has 0 radical (unpaired) electrons. The van der Waals surface area contributed by atoms with E-state index >= 15 is 0 Å². The molecule has 10 heteroatoms. The van der Waals surface area contributed by atoms with Gasteiger partial charge >= 0.3 is 0 Å². The van der Waals surface area contributed by atoms with Crippen LogP contribution in [-0.2, 0) is 0 Å². The third-order valence-electron chi connectivity index (χ3n) is 4.23. The molecular weight excluding hydrogens is 405 g/mol. The average molecular weight is 416 g/mol. The molecule has 1 aliphatic rings. The Morgan fingerprint density at radius 2 is 2.00 bits per heavy atom. The monoisotopic (exact) mass is 415 g/mol. The molecule has 28 heavy (non-hydrogen) atoms. The number of aromatic nitrogens is 4. The Kier molecular flexibility index (Phi) is 3.92. The fourth-order valence-electron chi connectivity index (χ4n) is 2.82. The number of benzene rings is 2. The number of nitrogen functional groups attached to an aromatic ring is 1. The second kappa shape index (κ2) is 6.47. The zero-order chi connectivity index (χ0) is 19.3. The normalized spacial score (nSPS) is 12.5. The second-order valence-corrected chi connectivity index (χ2v) is 7.20. The van der Waals surface area contributed by atoms with Gasteiger partial charge in [0, 0.05) is 10.9 Å². The summed E-state index contributed by atoms with van der Waals surface area (Å²) < 4.78 is 25.5. The van der Waals surface area contributed by atoms with Crippen LogP contribution in [-0.4, -0.2) is 26.8 Å². The van der Waals surface area contributed by atoms with Crippen LogP contribution in [0, 0.1) is 5.82 Å². The van der Waals surface area contributed by atoms with Crippen LogP contribution in [0.2, 0.25) is 5.02 Å². The van der Waals surface area contributed by atoms with E-state index in [1.165, 1.54) is 34.2 Å². The fraction of sp³-hybridized carbons (Fsp3) is 0.0556. The van der Waals surface area contributed by atoms with E-state index in [1.807, 2.05) is 23.6 Å².